The average molecular weight is 1500 g/mol. The fourth-order valence-electron chi connectivity index (χ4n) is 14.0. The number of carboxylic acids is 1. The molecule has 0 bridgehead atoms. The Kier molecular flexibility index (Phi) is 19.7. The molecule has 0 radical (unpaired) electrons. The molecule has 0 aliphatic carbocycles. The van der Waals surface area contributed by atoms with Crippen molar-refractivity contribution in [2.75, 3.05) is 43.8 Å². The highest BCUT2D eigenvalue weighted by atomic mass is 32.1. The van der Waals surface area contributed by atoms with Crippen LogP contribution in [0.15, 0.2) is 235 Å². The van der Waals surface area contributed by atoms with Crippen LogP contribution in [0.5, 0.6) is 17.2 Å². The summed E-state index contributed by atoms with van der Waals surface area (Å²) in [5.74, 6) is 0.0688. The molecule has 12 aromatic carbocycles. The molecule has 0 saturated heterocycles. The van der Waals surface area contributed by atoms with E-state index in [1.165, 1.54) is 55.9 Å². The molecule has 554 valence electrons. The largest absolute Gasteiger partial charge is 0.494 e. The van der Waals surface area contributed by atoms with Crippen LogP contribution < -0.4 is 37.1 Å². The molecular formula is C87H73F3N14O6S. The second-order valence-electron chi connectivity index (χ2n) is 26.4. The van der Waals surface area contributed by atoms with Gasteiger partial charge < -0.3 is 46.7 Å². The normalized spacial score (nSPS) is 11.3. The molecule has 0 unspecified atom stereocenters. The molecule has 0 aliphatic heterocycles. The molecule has 19 aromatic rings. The van der Waals surface area contributed by atoms with Crippen molar-refractivity contribution < 1.29 is 41.7 Å². The first-order valence-corrected chi connectivity index (χ1v) is 36.1. The SMILES string of the molecule is CCCOc1c(C(=O)O)ccc2[nH]nc(-c3cc4ccccc4o3)c12.COc1c(N)ccc2c1c(-c1cc3ccccc3s1)nn2C.COc1c(N)ccc2c1c(-c1ccc3ccccc3c1)nn2C.Cn1nc(-c2ccc3ccccc3c2)c2cc(N)cc(F)c21.Cn1nc(-c2cccc(F)c2)c2cc(N)cc(F)c21. The third kappa shape index (κ3) is 14.0. The number of nitrogens with one attached hydrogen (secondary N) is 1. The summed E-state index contributed by atoms with van der Waals surface area (Å²) in [5, 5.41) is 45.6. The van der Waals surface area contributed by atoms with Crippen molar-refractivity contribution in [2.24, 2.45) is 28.2 Å². The van der Waals surface area contributed by atoms with E-state index in [-0.39, 0.29) is 17.2 Å². The van der Waals surface area contributed by atoms with Crippen molar-refractivity contribution in [1.29, 1.82) is 0 Å². The van der Waals surface area contributed by atoms with E-state index in [4.69, 9.17) is 51.8 Å². The molecular weight excluding hydrogens is 1430 g/mol. The summed E-state index contributed by atoms with van der Waals surface area (Å²) in [6.07, 6.45) is 0.771. The fraction of sp³-hybridized carbons (Fsp3) is 0.103. The highest BCUT2D eigenvalue weighted by molar-refractivity contribution is 7.22. The Labute approximate surface area is 636 Å². The zero-order valence-electron chi connectivity index (χ0n) is 61.2. The Morgan fingerprint density at radius 3 is 1.55 bits per heavy atom. The van der Waals surface area contributed by atoms with Crippen LogP contribution in [0.1, 0.15) is 23.7 Å². The molecule has 7 aromatic heterocycles. The summed E-state index contributed by atoms with van der Waals surface area (Å²) in [6.45, 7) is 2.39. The van der Waals surface area contributed by atoms with Crippen molar-refractivity contribution in [3.05, 3.63) is 254 Å². The number of carbonyl (C=O) groups is 1. The number of halogens is 3. The fourth-order valence-corrected chi connectivity index (χ4v) is 15.0. The van der Waals surface area contributed by atoms with Crippen LogP contribution in [-0.2, 0) is 28.2 Å². The average Bonchev–Trinajstić information content (AvgIpc) is 1.65. The smallest absolute Gasteiger partial charge is 0.339 e. The standard InChI is InChI=1S/C19H17N3O.C19H16N2O4.C18H14FN3.C17H15N3OS.C14H11F2N3/c1-22-16-10-9-15(20)19(23-2)17(16)18(21-22)14-8-7-12-5-3-4-6-13(12)11-14;1-2-9-24-18-12(19(22)23)7-8-13-16(18)17(21-20-13)15-10-11-5-3-4-6-14(11)25-15;1-22-18-15(9-14(20)10-16(18)19)17(21-22)13-7-6-11-4-2-3-5-12(11)8-13;1-20-12-8-7-11(18)17(21-2)15(12)16(19-20)14-9-10-5-3-4-6-13(10)22-14;1-19-14-11(6-10(17)7-12(14)16)13(18-19)8-3-2-4-9(15)5-8/h3-11H,20H2,1-2H3;3-8,10H,2,9H2,1H3,(H,20,21)(H,22,23);2-10H,20H2,1H3;3-9H,18H2,1-2H3;2-7H,17H2,1H3. The van der Waals surface area contributed by atoms with Crippen LogP contribution in [0.3, 0.4) is 0 Å². The van der Waals surface area contributed by atoms with Crippen molar-refractivity contribution in [2.45, 2.75) is 13.3 Å². The molecule has 0 fully saturated rings. The number of thiophene rings is 1. The van der Waals surface area contributed by atoms with Gasteiger partial charge in [0.1, 0.15) is 62.2 Å². The number of aromatic nitrogens is 10. The molecule has 0 saturated carbocycles. The summed E-state index contributed by atoms with van der Waals surface area (Å²) in [4.78, 5) is 12.7. The molecule has 7 heterocycles. The zero-order valence-corrected chi connectivity index (χ0v) is 62.0. The first-order valence-electron chi connectivity index (χ1n) is 35.3. The lowest BCUT2D eigenvalue weighted by atomic mass is 10.0. The van der Waals surface area contributed by atoms with Crippen LogP contribution in [0.4, 0.5) is 35.9 Å². The number of hydrogen-bond donors (Lipinski definition) is 6. The summed E-state index contributed by atoms with van der Waals surface area (Å²) in [7, 11) is 10.5. The Bertz CT molecular complexity index is 6730. The Morgan fingerprint density at radius 1 is 0.486 bits per heavy atom. The van der Waals surface area contributed by atoms with Gasteiger partial charge in [0.15, 0.2) is 28.9 Å². The predicted molar refractivity (Wildman–Crippen MR) is 440 cm³/mol. The number of nitrogen functional groups attached to an aromatic ring is 4. The van der Waals surface area contributed by atoms with E-state index in [0.717, 1.165) is 88.4 Å². The van der Waals surface area contributed by atoms with E-state index in [9.17, 15) is 23.1 Å². The number of benzene rings is 12. The minimum atomic E-state index is -1.04. The summed E-state index contributed by atoms with van der Waals surface area (Å²) in [6, 6.07) is 71.9. The van der Waals surface area contributed by atoms with Crippen molar-refractivity contribution in [3.8, 4) is 73.0 Å². The summed E-state index contributed by atoms with van der Waals surface area (Å²) >= 11 is 1.73. The van der Waals surface area contributed by atoms with Crippen molar-refractivity contribution in [3.63, 3.8) is 0 Å². The number of rotatable bonds is 11. The molecule has 111 heavy (non-hydrogen) atoms. The molecule has 0 aliphatic rings. The second kappa shape index (κ2) is 30.3. The van der Waals surface area contributed by atoms with Gasteiger partial charge in [-0.1, -0.05) is 128 Å². The van der Waals surface area contributed by atoms with E-state index >= 15 is 0 Å². The molecule has 0 spiro atoms. The first-order chi connectivity index (χ1) is 53.7. The van der Waals surface area contributed by atoms with Crippen LogP contribution >= 0.6 is 11.3 Å². The number of aromatic amines is 1. The number of aryl methyl sites for hydroxylation is 4. The lowest BCUT2D eigenvalue weighted by Crippen LogP contribution is -2.04. The van der Waals surface area contributed by atoms with Crippen LogP contribution in [-0.4, -0.2) is 81.2 Å². The summed E-state index contributed by atoms with van der Waals surface area (Å²) < 4.78 is 72.1. The van der Waals surface area contributed by atoms with Gasteiger partial charge in [0.05, 0.1) is 69.8 Å². The van der Waals surface area contributed by atoms with Crippen LogP contribution in [0.2, 0.25) is 0 Å². The van der Waals surface area contributed by atoms with Gasteiger partial charge in [0.25, 0.3) is 0 Å². The van der Waals surface area contributed by atoms with Crippen LogP contribution in [0.25, 0.3) is 153 Å². The number of H-pyrrole nitrogens is 1. The number of anilines is 4. The quantitative estimate of drug-likeness (QED) is 0.0657. The van der Waals surface area contributed by atoms with Gasteiger partial charge in [-0.05, 0) is 143 Å². The number of nitrogens with two attached hydrogens (primary N) is 4. The van der Waals surface area contributed by atoms with Gasteiger partial charge in [0.2, 0.25) is 0 Å². The number of ether oxygens (including phenoxy) is 3. The van der Waals surface area contributed by atoms with Crippen LogP contribution in [0, 0.1) is 17.5 Å². The topological polar surface area (TPSA) is 282 Å². The number of aromatic carboxylic acids is 1. The molecule has 19 rings (SSSR count). The van der Waals surface area contributed by atoms with Gasteiger partial charge in [-0.15, -0.1) is 11.3 Å². The van der Waals surface area contributed by atoms with Gasteiger partial charge >= 0.3 is 5.97 Å². The van der Waals surface area contributed by atoms with Gasteiger partial charge in [0, 0.05) is 77.1 Å². The molecule has 10 N–H and O–H groups in total. The zero-order chi connectivity index (χ0) is 77.5. The highest BCUT2D eigenvalue weighted by Gasteiger charge is 2.25. The van der Waals surface area contributed by atoms with Gasteiger partial charge in [-0.25, -0.2) is 18.0 Å². The number of nitrogens with zero attached hydrogens (tertiary/aromatic N) is 9. The molecule has 20 nitrogen and oxygen atoms in total. The van der Waals surface area contributed by atoms with Crippen molar-refractivity contribution >= 4 is 137 Å². The minimum absolute atomic E-state index is 0.111. The van der Waals surface area contributed by atoms with E-state index < -0.39 is 11.8 Å². The molecule has 24 heteroatoms. The number of methoxy groups -OCH3 is 2. The predicted octanol–water partition coefficient (Wildman–Crippen LogP) is 19.7. The number of hydrogen-bond acceptors (Lipinski definition) is 15. The number of para-hydroxylation sites is 1. The van der Waals surface area contributed by atoms with E-state index in [1.807, 2.05) is 127 Å². The monoisotopic (exact) mass is 1500 g/mol. The van der Waals surface area contributed by atoms with Gasteiger partial charge in [-0.2, -0.15) is 25.5 Å². The lowest BCUT2D eigenvalue weighted by molar-refractivity contribution is 0.0692. The van der Waals surface area contributed by atoms with E-state index in [1.54, 1.807) is 74.7 Å². The van der Waals surface area contributed by atoms with E-state index in [0.29, 0.717) is 96.6 Å². The summed E-state index contributed by atoms with van der Waals surface area (Å²) in [5.41, 5.74) is 36.2. The maximum atomic E-state index is 14.1. The van der Waals surface area contributed by atoms with Gasteiger partial charge in [-0.3, -0.25) is 23.8 Å². The molecule has 0 atom stereocenters. The second-order valence-corrected chi connectivity index (χ2v) is 27.5. The number of fused-ring (bicyclic) bond motifs is 9. The Balaban J connectivity index is 0.000000110. The third-order valence-electron chi connectivity index (χ3n) is 19.1. The highest BCUT2D eigenvalue weighted by Crippen LogP contribution is 2.45. The van der Waals surface area contributed by atoms with Crippen molar-refractivity contribution in [1.82, 2.24) is 49.3 Å². The number of furan rings is 1. The number of carboxylic acid groups (broad SMARTS) is 1. The minimum Gasteiger partial charge on any atom is -0.494 e. The Hall–Kier alpha value is -14.1. The third-order valence-corrected chi connectivity index (χ3v) is 20.2. The Morgan fingerprint density at radius 2 is 1.00 bits per heavy atom. The van der Waals surface area contributed by atoms with E-state index in [2.05, 4.69) is 93.2 Å². The molecule has 0 amide bonds. The first kappa shape index (κ1) is 72.4. The maximum Gasteiger partial charge on any atom is 0.339 e. The maximum absolute atomic E-state index is 14.1. The lowest BCUT2D eigenvalue weighted by Gasteiger charge is -2.10.